The Morgan fingerprint density at radius 2 is 1.86 bits per heavy atom. The SMILES string of the molecule is O=C(NCc1ccnc(N2CCCC2)c1)NCC(c1ccco1)N1CCCCC1. The summed E-state index contributed by atoms with van der Waals surface area (Å²) in [5, 5.41) is 6.01. The van der Waals surface area contributed by atoms with E-state index in [9.17, 15) is 4.79 Å². The highest BCUT2D eigenvalue weighted by Gasteiger charge is 2.24. The van der Waals surface area contributed by atoms with Gasteiger partial charge in [-0.15, -0.1) is 0 Å². The van der Waals surface area contributed by atoms with Crippen molar-refractivity contribution < 1.29 is 9.21 Å². The maximum Gasteiger partial charge on any atom is 0.315 e. The fourth-order valence-corrected chi connectivity index (χ4v) is 4.24. The molecule has 4 heterocycles. The number of nitrogens with zero attached hydrogens (tertiary/aromatic N) is 3. The van der Waals surface area contributed by atoms with Crippen LogP contribution < -0.4 is 15.5 Å². The van der Waals surface area contributed by atoms with E-state index in [1.54, 1.807) is 6.26 Å². The molecule has 29 heavy (non-hydrogen) atoms. The molecular formula is C22H31N5O2. The van der Waals surface area contributed by atoms with Crippen LogP contribution in [0.2, 0.25) is 0 Å². The van der Waals surface area contributed by atoms with E-state index in [-0.39, 0.29) is 12.1 Å². The number of carbonyl (C=O) groups excluding carboxylic acids is 1. The van der Waals surface area contributed by atoms with E-state index in [2.05, 4.69) is 31.5 Å². The van der Waals surface area contributed by atoms with E-state index < -0.39 is 0 Å². The van der Waals surface area contributed by atoms with Crippen molar-refractivity contribution in [3.63, 3.8) is 0 Å². The molecule has 0 radical (unpaired) electrons. The zero-order valence-electron chi connectivity index (χ0n) is 17.0. The Morgan fingerprint density at radius 3 is 2.62 bits per heavy atom. The number of aromatic nitrogens is 1. The molecule has 2 N–H and O–H groups in total. The first-order chi connectivity index (χ1) is 14.3. The number of nitrogens with one attached hydrogen (secondary N) is 2. The average molecular weight is 398 g/mol. The van der Waals surface area contributed by atoms with Crippen molar-refractivity contribution in [2.75, 3.05) is 37.6 Å². The van der Waals surface area contributed by atoms with E-state index in [0.717, 1.165) is 43.3 Å². The highest BCUT2D eigenvalue weighted by Crippen LogP contribution is 2.24. The van der Waals surface area contributed by atoms with Gasteiger partial charge in [-0.25, -0.2) is 9.78 Å². The van der Waals surface area contributed by atoms with Crippen LogP contribution in [-0.2, 0) is 6.54 Å². The van der Waals surface area contributed by atoms with Gasteiger partial charge in [-0.05, 0) is 68.6 Å². The molecule has 2 amide bonds. The minimum absolute atomic E-state index is 0.0822. The lowest BCUT2D eigenvalue weighted by atomic mass is 10.1. The third kappa shape index (κ3) is 5.29. The maximum absolute atomic E-state index is 12.4. The number of likely N-dealkylation sites (tertiary alicyclic amines) is 1. The minimum Gasteiger partial charge on any atom is -0.468 e. The summed E-state index contributed by atoms with van der Waals surface area (Å²) in [5.41, 5.74) is 1.07. The fourth-order valence-electron chi connectivity index (χ4n) is 4.24. The van der Waals surface area contributed by atoms with Crippen LogP contribution in [0.3, 0.4) is 0 Å². The molecule has 2 aromatic rings. The third-order valence-corrected chi connectivity index (χ3v) is 5.85. The van der Waals surface area contributed by atoms with Gasteiger partial charge in [0.2, 0.25) is 0 Å². The van der Waals surface area contributed by atoms with Crippen molar-refractivity contribution in [2.45, 2.75) is 44.7 Å². The molecule has 7 heteroatoms. The number of piperidine rings is 1. The van der Waals surface area contributed by atoms with Crippen LogP contribution in [0.5, 0.6) is 0 Å². The average Bonchev–Trinajstić information content (AvgIpc) is 3.48. The minimum atomic E-state index is -0.155. The number of anilines is 1. The first-order valence-electron chi connectivity index (χ1n) is 10.8. The van der Waals surface area contributed by atoms with Crippen LogP contribution in [0.25, 0.3) is 0 Å². The van der Waals surface area contributed by atoms with Gasteiger partial charge in [0, 0.05) is 32.4 Å². The van der Waals surface area contributed by atoms with Crippen LogP contribution >= 0.6 is 0 Å². The number of hydrogen-bond acceptors (Lipinski definition) is 5. The Hall–Kier alpha value is -2.54. The summed E-state index contributed by atoms with van der Waals surface area (Å²) in [7, 11) is 0. The summed E-state index contributed by atoms with van der Waals surface area (Å²) in [4.78, 5) is 21.6. The monoisotopic (exact) mass is 397 g/mol. The van der Waals surface area contributed by atoms with Gasteiger partial charge in [-0.2, -0.15) is 0 Å². The van der Waals surface area contributed by atoms with Crippen molar-refractivity contribution in [3.05, 3.63) is 48.0 Å². The van der Waals surface area contributed by atoms with Gasteiger partial charge in [-0.3, -0.25) is 4.90 Å². The Labute approximate surface area is 172 Å². The van der Waals surface area contributed by atoms with Gasteiger partial charge in [0.1, 0.15) is 11.6 Å². The Balaban J connectivity index is 1.29. The molecular weight excluding hydrogens is 366 g/mol. The standard InChI is InChI=1S/C22H31N5O2/c28-22(24-16-18-8-9-23-21(15-18)27-12-4-5-13-27)25-17-19(20-7-6-14-29-20)26-10-2-1-3-11-26/h6-9,14-15,19H,1-5,10-13,16-17H2,(H2,24,25,28). The molecule has 0 spiro atoms. The number of furan rings is 1. The van der Waals surface area contributed by atoms with Crippen LogP contribution in [0.4, 0.5) is 10.6 Å². The van der Waals surface area contributed by atoms with E-state index in [1.807, 2.05) is 24.4 Å². The second-order valence-electron chi connectivity index (χ2n) is 7.91. The van der Waals surface area contributed by atoms with Gasteiger partial charge >= 0.3 is 6.03 Å². The molecule has 2 aliphatic rings. The summed E-state index contributed by atoms with van der Waals surface area (Å²) >= 11 is 0. The van der Waals surface area contributed by atoms with Gasteiger partial charge in [0.25, 0.3) is 0 Å². The van der Waals surface area contributed by atoms with Crippen LogP contribution in [0.1, 0.15) is 49.5 Å². The second-order valence-corrected chi connectivity index (χ2v) is 7.91. The number of pyridine rings is 1. The zero-order chi connectivity index (χ0) is 19.9. The molecule has 4 rings (SSSR count). The summed E-state index contributed by atoms with van der Waals surface area (Å²) in [6.07, 6.45) is 9.65. The lowest BCUT2D eigenvalue weighted by Crippen LogP contribution is -2.43. The van der Waals surface area contributed by atoms with E-state index in [4.69, 9.17) is 4.42 Å². The molecule has 156 valence electrons. The van der Waals surface area contributed by atoms with Gasteiger partial charge in [0.15, 0.2) is 0 Å². The van der Waals surface area contributed by atoms with Crippen molar-refractivity contribution >= 4 is 11.8 Å². The Morgan fingerprint density at radius 1 is 1.07 bits per heavy atom. The topological polar surface area (TPSA) is 73.6 Å². The molecule has 0 saturated carbocycles. The largest absolute Gasteiger partial charge is 0.468 e. The fraction of sp³-hybridized carbons (Fsp3) is 0.545. The highest BCUT2D eigenvalue weighted by molar-refractivity contribution is 5.73. The summed E-state index contributed by atoms with van der Waals surface area (Å²) in [5.74, 6) is 1.92. The predicted molar refractivity (Wildman–Crippen MR) is 113 cm³/mol. The number of hydrogen-bond donors (Lipinski definition) is 2. The quantitative estimate of drug-likeness (QED) is 0.750. The molecule has 1 unspecified atom stereocenters. The van der Waals surface area contributed by atoms with Crippen molar-refractivity contribution in [2.24, 2.45) is 0 Å². The van der Waals surface area contributed by atoms with Gasteiger partial charge in [0.05, 0.1) is 12.3 Å². The van der Waals surface area contributed by atoms with Gasteiger partial charge < -0.3 is 20.0 Å². The normalized spacial score (nSPS) is 18.6. The lowest BCUT2D eigenvalue weighted by molar-refractivity contribution is 0.143. The number of amides is 2. The molecule has 2 aliphatic heterocycles. The maximum atomic E-state index is 12.4. The first-order valence-corrected chi connectivity index (χ1v) is 10.8. The highest BCUT2D eigenvalue weighted by atomic mass is 16.3. The van der Waals surface area contributed by atoms with Crippen LogP contribution in [-0.4, -0.2) is 48.6 Å². The number of rotatable bonds is 7. The molecule has 0 bridgehead atoms. The van der Waals surface area contributed by atoms with E-state index >= 15 is 0 Å². The molecule has 0 aliphatic carbocycles. The molecule has 1 atom stereocenters. The van der Waals surface area contributed by atoms with E-state index in [0.29, 0.717) is 13.1 Å². The zero-order valence-corrected chi connectivity index (χ0v) is 17.0. The number of urea groups is 1. The third-order valence-electron chi connectivity index (χ3n) is 5.85. The Bertz CT molecular complexity index is 767. The molecule has 2 saturated heterocycles. The smallest absolute Gasteiger partial charge is 0.315 e. The number of carbonyl (C=O) groups is 1. The van der Waals surface area contributed by atoms with E-state index in [1.165, 1.54) is 32.1 Å². The summed E-state index contributed by atoms with van der Waals surface area (Å²) in [6.45, 7) is 5.25. The molecule has 2 fully saturated rings. The van der Waals surface area contributed by atoms with Gasteiger partial charge in [-0.1, -0.05) is 6.42 Å². The molecule has 0 aromatic carbocycles. The molecule has 7 nitrogen and oxygen atoms in total. The summed E-state index contributed by atoms with van der Waals surface area (Å²) < 4.78 is 5.65. The lowest BCUT2D eigenvalue weighted by Gasteiger charge is -2.33. The Kier molecular flexibility index (Phi) is 6.67. The molecule has 2 aromatic heterocycles. The first kappa shape index (κ1) is 19.8. The van der Waals surface area contributed by atoms with Crippen LogP contribution in [0, 0.1) is 0 Å². The van der Waals surface area contributed by atoms with Crippen molar-refractivity contribution in [1.29, 1.82) is 0 Å². The predicted octanol–water partition coefficient (Wildman–Crippen LogP) is 3.30. The van der Waals surface area contributed by atoms with Crippen LogP contribution in [0.15, 0.2) is 41.1 Å². The second kappa shape index (κ2) is 9.78. The van der Waals surface area contributed by atoms with Crippen molar-refractivity contribution in [1.82, 2.24) is 20.5 Å². The summed E-state index contributed by atoms with van der Waals surface area (Å²) in [6, 6.07) is 7.87. The van der Waals surface area contributed by atoms with Crippen molar-refractivity contribution in [3.8, 4) is 0 Å².